The quantitative estimate of drug-likeness (QED) is 0.748. The topological polar surface area (TPSA) is 102 Å². The maximum atomic E-state index is 12.1. The molecule has 0 aliphatic rings. The van der Waals surface area contributed by atoms with Gasteiger partial charge in [0.15, 0.2) is 0 Å². The van der Waals surface area contributed by atoms with Gasteiger partial charge in [0, 0.05) is 24.7 Å². The molecule has 2 aromatic rings. The SMILES string of the molecule is COc1ncccc1NC(=O)Nc1cccc(NC(=O)[C@H](C)OC)c1. The summed E-state index contributed by atoms with van der Waals surface area (Å²) in [6, 6.07) is 9.68. The van der Waals surface area contributed by atoms with Crippen LogP contribution in [-0.4, -0.2) is 37.2 Å². The lowest BCUT2D eigenvalue weighted by atomic mass is 10.2. The summed E-state index contributed by atoms with van der Waals surface area (Å²) < 4.78 is 10.0. The number of nitrogens with zero attached hydrogens (tertiary/aromatic N) is 1. The Labute approximate surface area is 145 Å². The standard InChI is InChI=1S/C17H20N4O4/c1-11(24-2)15(22)19-12-6-4-7-13(10-12)20-17(23)21-14-8-5-9-18-16(14)25-3/h4-11H,1-3H3,(H,19,22)(H2,20,21,23)/t11-/m0/s1. The summed E-state index contributed by atoms with van der Waals surface area (Å²) in [4.78, 5) is 28.0. The van der Waals surface area contributed by atoms with E-state index in [4.69, 9.17) is 9.47 Å². The van der Waals surface area contributed by atoms with E-state index in [9.17, 15) is 9.59 Å². The maximum absolute atomic E-state index is 12.1. The molecule has 3 N–H and O–H groups in total. The highest BCUT2D eigenvalue weighted by Crippen LogP contribution is 2.21. The number of amides is 3. The van der Waals surface area contributed by atoms with E-state index in [-0.39, 0.29) is 5.91 Å². The largest absolute Gasteiger partial charge is 0.480 e. The second-order valence-electron chi connectivity index (χ2n) is 5.09. The van der Waals surface area contributed by atoms with Crippen LogP contribution in [0.15, 0.2) is 42.6 Å². The second kappa shape index (κ2) is 8.65. The molecule has 0 aliphatic heterocycles. The van der Waals surface area contributed by atoms with E-state index in [1.54, 1.807) is 49.5 Å². The van der Waals surface area contributed by atoms with Crippen molar-refractivity contribution in [2.24, 2.45) is 0 Å². The number of methoxy groups -OCH3 is 2. The first-order chi connectivity index (χ1) is 12.0. The van der Waals surface area contributed by atoms with Crippen LogP contribution in [0.4, 0.5) is 21.9 Å². The molecular weight excluding hydrogens is 324 g/mol. The number of rotatable bonds is 6. The highest BCUT2D eigenvalue weighted by molar-refractivity contribution is 6.01. The molecule has 0 bridgehead atoms. The molecule has 0 saturated carbocycles. The van der Waals surface area contributed by atoms with Crippen LogP contribution in [0.3, 0.4) is 0 Å². The van der Waals surface area contributed by atoms with Gasteiger partial charge in [0.1, 0.15) is 11.8 Å². The molecular formula is C17H20N4O4. The Morgan fingerprint density at radius 3 is 2.44 bits per heavy atom. The Balaban J connectivity index is 2.01. The molecule has 0 fully saturated rings. The van der Waals surface area contributed by atoms with Crippen molar-refractivity contribution in [2.75, 3.05) is 30.2 Å². The number of ether oxygens (including phenoxy) is 2. The number of hydrogen-bond acceptors (Lipinski definition) is 5. The minimum atomic E-state index is -0.571. The van der Waals surface area contributed by atoms with Crippen LogP contribution in [0.1, 0.15) is 6.92 Å². The van der Waals surface area contributed by atoms with E-state index in [2.05, 4.69) is 20.9 Å². The Bertz CT molecular complexity index is 751. The van der Waals surface area contributed by atoms with Gasteiger partial charge in [-0.3, -0.25) is 4.79 Å². The summed E-state index contributed by atoms with van der Waals surface area (Å²) in [5.74, 6) is 0.0383. The average Bonchev–Trinajstić information content (AvgIpc) is 2.61. The van der Waals surface area contributed by atoms with Crippen LogP contribution < -0.4 is 20.7 Å². The van der Waals surface area contributed by atoms with Gasteiger partial charge in [-0.15, -0.1) is 0 Å². The lowest BCUT2D eigenvalue weighted by Crippen LogP contribution is -2.26. The molecule has 0 saturated heterocycles. The van der Waals surface area contributed by atoms with Gasteiger partial charge >= 0.3 is 6.03 Å². The predicted octanol–water partition coefficient (Wildman–Crippen LogP) is 2.71. The summed E-state index contributed by atoms with van der Waals surface area (Å²) in [6.45, 7) is 1.65. The first kappa shape index (κ1) is 18.2. The molecule has 8 heteroatoms. The fraction of sp³-hybridized carbons (Fsp3) is 0.235. The van der Waals surface area contributed by atoms with Crippen molar-refractivity contribution in [2.45, 2.75) is 13.0 Å². The number of aromatic nitrogens is 1. The first-order valence-electron chi connectivity index (χ1n) is 7.54. The molecule has 0 spiro atoms. The third kappa shape index (κ3) is 5.18. The zero-order chi connectivity index (χ0) is 18.2. The molecule has 1 aromatic heterocycles. The maximum Gasteiger partial charge on any atom is 0.323 e. The number of urea groups is 1. The zero-order valence-corrected chi connectivity index (χ0v) is 14.2. The normalized spacial score (nSPS) is 11.3. The predicted molar refractivity (Wildman–Crippen MR) is 95.0 cm³/mol. The average molecular weight is 344 g/mol. The first-order valence-corrected chi connectivity index (χ1v) is 7.54. The molecule has 1 atom stereocenters. The van der Waals surface area contributed by atoms with Gasteiger partial charge in [-0.05, 0) is 37.3 Å². The van der Waals surface area contributed by atoms with Gasteiger partial charge in [-0.2, -0.15) is 0 Å². The van der Waals surface area contributed by atoms with Gasteiger partial charge < -0.3 is 25.4 Å². The number of carbonyl (C=O) groups is 2. The van der Waals surface area contributed by atoms with E-state index >= 15 is 0 Å². The summed E-state index contributed by atoms with van der Waals surface area (Å²) in [6.07, 6.45) is 0.993. The van der Waals surface area contributed by atoms with Gasteiger partial charge in [0.05, 0.1) is 7.11 Å². The molecule has 0 aliphatic carbocycles. The fourth-order valence-electron chi connectivity index (χ4n) is 1.96. The fourth-order valence-corrected chi connectivity index (χ4v) is 1.96. The van der Waals surface area contributed by atoms with E-state index in [0.29, 0.717) is 22.9 Å². The van der Waals surface area contributed by atoms with Crippen LogP contribution in [0.2, 0.25) is 0 Å². The summed E-state index contributed by atoms with van der Waals surface area (Å²) in [5, 5.41) is 8.04. The molecule has 0 unspecified atom stereocenters. The van der Waals surface area contributed by atoms with E-state index in [1.165, 1.54) is 14.2 Å². The molecule has 132 valence electrons. The lowest BCUT2D eigenvalue weighted by molar-refractivity contribution is -0.124. The van der Waals surface area contributed by atoms with Crippen molar-refractivity contribution in [1.29, 1.82) is 0 Å². The van der Waals surface area contributed by atoms with Crippen molar-refractivity contribution in [3.05, 3.63) is 42.6 Å². The van der Waals surface area contributed by atoms with Crippen molar-refractivity contribution >= 4 is 29.0 Å². The van der Waals surface area contributed by atoms with Crippen LogP contribution >= 0.6 is 0 Å². The summed E-state index contributed by atoms with van der Waals surface area (Å²) in [7, 11) is 2.93. The Morgan fingerprint density at radius 2 is 1.76 bits per heavy atom. The molecule has 25 heavy (non-hydrogen) atoms. The second-order valence-corrected chi connectivity index (χ2v) is 5.09. The van der Waals surface area contributed by atoms with Crippen LogP contribution in [0.5, 0.6) is 5.88 Å². The number of nitrogens with one attached hydrogen (secondary N) is 3. The number of anilines is 3. The van der Waals surface area contributed by atoms with Gasteiger partial charge in [0.25, 0.3) is 5.91 Å². The monoisotopic (exact) mass is 344 g/mol. The number of pyridine rings is 1. The lowest BCUT2D eigenvalue weighted by Gasteiger charge is -2.12. The molecule has 2 rings (SSSR count). The number of hydrogen-bond donors (Lipinski definition) is 3. The van der Waals surface area contributed by atoms with Gasteiger partial charge in [-0.25, -0.2) is 9.78 Å². The van der Waals surface area contributed by atoms with Gasteiger partial charge in [-0.1, -0.05) is 6.07 Å². The highest BCUT2D eigenvalue weighted by Gasteiger charge is 2.12. The van der Waals surface area contributed by atoms with Crippen molar-refractivity contribution in [1.82, 2.24) is 4.98 Å². The zero-order valence-electron chi connectivity index (χ0n) is 14.2. The van der Waals surface area contributed by atoms with Crippen molar-refractivity contribution in [3.8, 4) is 5.88 Å². The molecule has 1 aromatic carbocycles. The third-order valence-corrected chi connectivity index (χ3v) is 3.32. The van der Waals surface area contributed by atoms with E-state index in [0.717, 1.165) is 0 Å². The van der Waals surface area contributed by atoms with Crippen LogP contribution in [0, 0.1) is 0 Å². The van der Waals surface area contributed by atoms with Gasteiger partial charge in [0.2, 0.25) is 5.88 Å². The smallest absolute Gasteiger partial charge is 0.323 e. The van der Waals surface area contributed by atoms with Crippen LogP contribution in [-0.2, 0) is 9.53 Å². The number of carbonyl (C=O) groups excluding carboxylic acids is 2. The number of benzene rings is 1. The van der Waals surface area contributed by atoms with Crippen LogP contribution in [0.25, 0.3) is 0 Å². The molecule has 0 radical (unpaired) electrons. The van der Waals surface area contributed by atoms with E-state index < -0.39 is 12.1 Å². The summed E-state index contributed by atoms with van der Waals surface area (Å²) in [5.41, 5.74) is 1.51. The summed E-state index contributed by atoms with van der Waals surface area (Å²) >= 11 is 0. The third-order valence-electron chi connectivity index (χ3n) is 3.32. The Kier molecular flexibility index (Phi) is 6.30. The highest BCUT2D eigenvalue weighted by atomic mass is 16.5. The Hall–Kier alpha value is -3.13. The molecule has 3 amide bonds. The van der Waals surface area contributed by atoms with Crippen molar-refractivity contribution in [3.63, 3.8) is 0 Å². The minimum absolute atomic E-state index is 0.274. The molecule has 8 nitrogen and oxygen atoms in total. The Morgan fingerprint density at radius 1 is 1.04 bits per heavy atom. The molecule has 1 heterocycles. The minimum Gasteiger partial charge on any atom is -0.480 e. The van der Waals surface area contributed by atoms with E-state index in [1.807, 2.05) is 0 Å². The van der Waals surface area contributed by atoms with Crippen molar-refractivity contribution < 1.29 is 19.1 Å².